The summed E-state index contributed by atoms with van der Waals surface area (Å²) in [6, 6.07) is 4.58. The van der Waals surface area contributed by atoms with Crippen LogP contribution in [0.4, 0.5) is 5.95 Å². The molecule has 1 atom stereocenters. The molecule has 150 valence electrons. The van der Waals surface area contributed by atoms with Crippen LogP contribution in [0.3, 0.4) is 0 Å². The van der Waals surface area contributed by atoms with Gasteiger partial charge in [-0.3, -0.25) is 9.36 Å². The standard InChI is InChI=1S/C21H28N4O2S/c1-13-11-15(3)18(12-14(13)2)19(26)16(4)28-21-23-22-20(25(21)17-5-6-17)24-7-9-27-10-8-24/h11-12,16-17H,5-10H2,1-4H3. The number of hydrogen-bond donors (Lipinski definition) is 0. The van der Waals surface area contributed by atoms with E-state index in [0.717, 1.165) is 66.9 Å². The fourth-order valence-corrected chi connectivity index (χ4v) is 4.62. The summed E-state index contributed by atoms with van der Waals surface area (Å²) in [5, 5.41) is 9.59. The van der Waals surface area contributed by atoms with E-state index in [-0.39, 0.29) is 11.0 Å². The van der Waals surface area contributed by atoms with Crippen LogP contribution < -0.4 is 4.90 Å². The lowest BCUT2D eigenvalue weighted by molar-refractivity contribution is 0.0993. The fraction of sp³-hybridized carbons (Fsp3) is 0.571. The topological polar surface area (TPSA) is 60.3 Å². The highest BCUT2D eigenvalue weighted by molar-refractivity contribution is 8.00. The van der Waals surface area contributed by atoms with Crippen LogP contribution in [0.25, 0.3) is 0 Å². The Morgan fingerprint density at radius 2 is 1.79 bits per heavy atom. The van der Waals surface area contributed by atoms with Gasteiger partial charge in [0, 0.05) is 24.7 Å². The number of nitrogens with zero attached hydrogens (tertiary/aromatic N) is 4. The summed E-state index contributed by atoms with van der Waals surface area (Å²) < 4.78 is 7.71. The normalized spacial score (nSPS) is 18.4. The van der Waals surface area contributed by atoms with Crippen molar-refractivity contribution in [2.24, 2.45) is 0 Å². The molecule has 6 nitrogen and oxygen atoms in total. The predicted octanol–water partition coefficient (Wildman–Crippen LogP) is 3.74. The Morgan fingerprint density at radius 1 is 1.11 bits per heavy atom. The van der Waals surface area contributed by atoms with Crippen LogP contribution in [0.2, 0.25) is 0 Å². The molecule has 2 aromatic rings. The molecule has 1 aromatic carbocycles. The molecule has 2 heterocycles. The third kappa shape index (κ3) is 3.82. The molecule has 0 amide bonds. The molecule has 2 aliphatic rings. The minimum atomic E-state index is -0.208. The zero-order valence-corrected chi connectivity index (χ0v) is 17.9. The van der Waals surface area contributed by atoms with Gasteiger partial charge in [-0.25, -0.2) is 0 Å². The molecule has 0 spiro atoms. The Labute approximate surface area is 170 Å². The number of hydrogen-bond acceptors (Lipinski definition) is 6. The minimum Gasteiger partial charge on any atom is -0.378 e. The molecular weight excluding hydrogens is 372 g/mol. The van der Waals surface area contributed by atoms with Crippen LogP contribution in [0, 0.1) is 20.8 Å². The quantitative estimate of drug-likeness (QED) is 0.544. The van der Waals surface area contributed by atoms with Gasteiger partial charge in [0.25, 0.3) is 0 Å². The average Bonchev–Trinajstić information content (AvgIpc) is 3.45. The fourth-order valence-electron chi connectivity index (χ4n) is 3.64. The van der Waals surface area contributed by atoms with E-state index in [4.69, 9.17) is 4.74 Å². The number of benzene rings is 1. The van der Waals surface area contributed by atoms with Gasteiger partial charge < -0.3 is 9.64 Å². The number of rotatable bonds is 6. The Bertz CT molecular complexity index is 885. The number of anilines is 1. The molecule has 2 fully saturated rings. The highest BCUT2D eigenvalue weighted by Crippen LogP contribution is 2.42. The van der Waals surface area contributed by atoms with Crippen LogP contribution >= 0.6 is 11.8 Å². The van der Waals surface area contributed by atoms with E-state index in [9.17, 15) is 4.79 Å². The van der Waals surface area contributed by atoms with E-state index in [2.05, 4.69) is 39.6 Å². The van der Waals surface area contributed by atoms with Crippen molar-refractivity contribution in [2.75, 3.05) is 31.2 Å². The molecule has 1 aliphatic heterocycles. The van der Waals surface area contributed by atoms with Crippen molar-refractivity contribution in [1.29, 1.82) is 0 Å². The monoisotopic (exact) mass is 400 g/mol. The van der Waals surface area contributed by atoms with E-state index >= 15 is 0 Å². The molecule has 0 bridgehead atoms. The van der Waals surface area contributed by atoms with Crippen molar-refractivity contribution in [1.82, 2.24) is 14.8 Å². The molecular formula is C21H28N4O2S. The maximum atomic E-state index is 13.1. The Morgan fingerprint density at radius 3 is 2.46 bits per heavy atom. The van der Waals surface area contributed by atoms with Crippen molar-refractivity contribution in [3.05, 3.63) is 34.4 Å². The molecule has 28 heavy (non-hydrogen) atoms. The number of morpholine rings is 1. The lowest BCUT2D eigenvalue weighted by Crippen LogP contribution is -2.38. The molecule has 0 radical (unpaired) electrons. The second kappa shape index (κ2) is 7.87. The molecule has 1 saturated heterocycles. The van der Waals surface area contributed by atoms with Crippen LogP contribution in [0.5, 0.6) is 0 Å². The Balaban J connectivity index is 1.56. The second-order valence-corrected chi connectivity index (χ2v) is 9.17. The number of thioether (sulfide) groups is 1. The maximum Gasteiger partial charge on any atom is 0.228 e. The molecule has 1 aromatic heterocycles. The van der Waals surface area contributed by atoms with Gasteiger partial charge in [-0.1, -0.05) is 17.8 Å². The summed E-state index contributed by atoms with van der Waals surface area (Å²) in [6.07, 6.45) is 2.31. The molecule has 1 aliphatic carbocycles. The summed E-state index contributed by atoms with van der Waals surface area (Å²) in [5.74, 6) is 1.08. The van der Waals surface area contributed by atoms with Gasteiger partial charge in [-0.15, -0.1) is 10.2 Å². The average molecular weight is 401 g/mol. The predicted molar refractivity (Wildman–Crippen MR) is 112 cm³/mol. The lowest BCUT2D eigenvalue weighted by Gasteiger charge is -2.28. The summed E-state index contributed by atoms with van der Waals surface area (Å²) in [4.78, 5) is 15.4. The zero-order valence-electron chi connectivity index (χ0n) is 17.1. The van der Waals surface area contributed by atoms with Crippen molar-refractivity contribution in [2.45, 2.75) is 57.0 Å². The van der Waals surface area contributed by atoms with Gasteiger partial charge >= 0.3 is 0 Å². The number of carbonyl (C=O) groups excluding carboxylic acids is 1. The molecule has 1 saturated carbocycles. The van der Waals surface area contributed by atoms with E-state index in [0.29, 0.717) is 6.04 Å². The highest BCUT2D eigenvalue weighted by Gasteiger charge is 2.33. The van der Waals surface area contributed by atoms with E-state index in [1.807, 2.05) is 19.9 Å². The first-order valence-electron chi connectivity index (χ1n) is 10.0. The van der Waals surface area contributed by atoms with Gasteiger partial charge in [0.05, 0.1) is 18.5 Å². The lowest BCUT2D eigenvalue weighted by atomic mass is 9.97. The van der Waals surface area contributed by atoms with Gasteiger partial charge in [0.1, 0.15) is 0 Å². The number of ether oxygens (including phenoxy) is 1. The maximum absolute atomic E-state index is 13.1. The second-order valence-electron chi connectivity index (χ2n) is 7.86. The first-order valence-corrected chi connectivity index (χ1v) is 10.9. The van der Waals surface area contributed by atoms with Crippen LogP contribution in [0.15, 0.2) is 17.3 Å². The Kier molecular flexibility index (Phi) is 5.47. The van der Waals surface area contributed by atoms with Crippen molar-refractivity contribution < 1.29 is 9.53 Å². The number of aryl methyl sites for hydroxylation is 3. The van der Waals surface area contributed by atoms with Crippen LogP contribution in [-0.4, -0.2) is 52.1 Å². The van der Waals surface area contributed by atoms with Crippen molar-refractivity contribution in [3.8, 4) is 0 Å². The number of aromatic nitrogens is 3. The SMILES string of the molecule is Cc1cc(C)c(C(=O)C(C)Sc2nnc(N3CCOCC3)n2C2CC2)cc1C. The summed E-state index contributed by atoms with van der Waals surface area (Å²) in [5.41, 5.74) is 4.23. The molecule has 7 heteroatoms. The zero-order chi connectivity index (χ0) is 19.8. The summed E-state index contributed by atoms with van der Waals surface area (Å²) in [7, 11) is 0. The number of ketones is 1. The third-order valence-corrected chi connectivity index (χ3v) is 6.67. The van der Waals surface area contributed by atoms with Crippen molar-refractivity contribution >= 4 is 23.5 Å². The minimum absolute atomic E-state index is 0.156. The molecule has 4 rings (SSSR count). The Hall–Kier alpha value is -1.86. The highest BCUT2D eigenvalue weighted by atomic mass is 32.2. The first-order chi connectivity index (χ1) is 13.5. The molecule has 0 N–H and O–H groups in total. The van der Waals surface area contributed by atoms with Crippen molar-refractivity contribution in [3.63, 3.8) is 0 Å². The van der Waals surface area contributed by atoms with E-state index in [1.165, 1.54) is 17.3 Å². The van der Waals surface area contributed by atoms with Gasteiger partial charge in [-0.2, -0.15) is 0 Å². The number of carbonyl (C=O) groups is 1. The summed E-state index contributed by atoms with van der Waals surface area (Å²) in [6.45, 7) is 11.3. The smallest absolute Gasteiger partial charge is 0.228 e. The van der Waals surface area contributed by atoms with E-state index in [1.54, 1.807) is 0 Å². The largest absolute Gasteiger partial charge is 0.378 e. The summed E-state index contributed by atoms with van der Waals surface area (Å²) >= 11 is 1.53. The number of Topliss-reactive ketones (excluding diaryl/α,β-unsaturated/α-hetero) is 1. The van der Waals surface area contributed by atoms with Gasteiger partial charge in [-0.05, 0) is 63.3 Å². The first kappa shape index (κ1) is 19.5. The van der Waals surface area contributed by atoms with Gasteiger partial charge in [0.15, 0.2) is 10.9 Å². The molecule has 1 unspecified atom stereocenters. The van der Waals surface area contributed by atoms with Crippen LogP contribution in [-0.2, 0) is 4.74 Å². The van der Waals surface area contributed by atoms with Crippen LogP contribution in [0.1, 0.15) is 52.9 Å². The van der Waals surface area contributed by atoms with E-state index < -0.39 is 0 Å². The third-order valence-electron chi connectivity index (χ3n) is 5.61. The van der Waals surface area contributed by atoms with Gasteiger partial charge in [0.2, 0.25) is 5.95 Å².